The molecule has 17 heavy (non-hydrogen) atoms. The number of aromatic nitrogens is 2. The quantitative estimate of drug-likeness (QED) is 0.898. The van der Waals surface area contributed by atoms with E-state index in [0.717, 1.165) is 4.47 Å². The second kappa shape index (κ2) is 5.37. The van der Waals surface area contributed by atoms with Gasteiger partial charge in [-0.1, -0.05) is 0 Å². The summed E-state index contributed by atoms with van der Waals surface area (Å²) < 4.78 is 1.38. The van der Waals surface area contributed by atoms with Crippen molar-refractivity contribution in [1.82, 2.24) is 9.97 Å². The van der Waals surface area contributed by atoms with Gasteiger partial charge in [-0.25, -0.2) is 4.98 Å². The van der Waals surface area contributed by atoms with Crippen molar-refractivity contribution >= 4 is 43.5 Å². The first-order chi connectivity index (χ1) is 8.18. The Morgan fingerprint density at radius 2 is 2.00 bits per heavy atom. The molecule has 0 fully saturated rings. The predicted octanol–water partition coefficient (Wildman–Crippen LogP) is 3.25. The minimum Gasteiger partial charge on any atom is -0.319 e. The maximum Gasteiger partial charge on any atom is 0.275 e. The van der Waals surface area contributed by atoms with Crippen molar-refractivity contribution in [2.24, 2.45) is 0 Å². The standard InChI is InChI=1S/C11H7Br2N3O/c12-7-2-1-4-15-10(7)11(17)16-9-3-5-14-6-8(9)13/h1-6H,(H,14,16,17). The lowest BCUT2D eigenvalue weighted by molar-refractivity contribution is 0.102. The van der Waals surface area contributed by atoms with Crippen LogP contribution in [0.2, 0.25) is 0 Å². The van der Waals surface area contributed by atoms with Crippen molar-refractivity contribution in [1.29, 1.82) is 0 Å². The number of rotatable bonds is 2. The average molecular weight is 357 g/mol. The molecule has 86 valence electrons. The van der Waals surface area contributed by atoms with Crippen molar-refractivity contribution < 1.29 is 4.79 Å². The van der Waals surface area contributed by atoms with E-state index < -0.39 is 0 Å². The molecule has 6 heteroatoms. The Balaban J connectivity index is 2.24. The van der Waals surface area contributed by atoms with Gasteiger partial charge in [0, 0.05) is 23.1 Å². The van der Waals surface area contributed by atoms with Crippen molar-refractivity contribution in [3.8, 4) is 0 Å². The number of pyridine rings is 2. The summed E-state index contributed by atoms with van der Waals surface area (Å²) in [6.45, 7) is 0. The third-order valence-electron chi connectivity index (χ3n) is 1.99. The average Bonchev–Trinajstić information content (AvgIpc) is 2.32. The molecule has 0 bridgehead atoms. The minimum atomic E-state index is -0.274. The molecule has 0 atom stereocenters. The summed E-state index contributed by atoms with van der Waals surface area (Å²) in [5, 5.41) is 2.75. The van der Waals surface area contributed by atoms with Crippen LogP contribution in [0, 0.1) is 0 Å². The molecule has 0 aromatic carbocycles. The van der Waals surface area contributed by atoms with E-state index in [2.05, 4.69) is 47.1 Å². The number of amides is 1. The van der Waals surface area contributed by atoms with Crippen molar-refractivity contribution in [2.75, 3.05) is 5.32 Å². The molecule has 0 unspecified atom stereocenters. The zero-order valence-corrected chi connectivity index (χ0v) is 11.7. The molecular weight excluding hydrogens is 350 g/mol. The number of nitrogens with zero attached hydrogens (tertiary/aromatic N) is 2. The van der Waals surface area contributed by atoms with Crippen molar-refractivity contribution in [3.05, 3.63) is 51.4 Å². The van der Waals surface area contributed by atoms with Crippen LogP contribution in [0.3, 0.4) is 0 Å². The molecule has 0 aliphatic rings. The molecule has 2 aromatic rings. The lowest BCUT2D eigenvalue weighted by Crippen LogP contribution is -2.14. The van der Waals surface area contributed by atoms with Gasteiger partial charge in [-0.2, -0.15) is 0 Å². The van der Waals surface area contributed by atoms with Gasteiger partial charge >= 0.3 is 0 Å². The largest absolute Gasteiger partial charge is 0.319 e. The molecule has 2 rings (SSSR count). The van der Waals surface area contributed by atoms with E-state index in [1.807, 2.05) is 0 Å². The zero-order chi connectivity index (χ0) is 12.3. The van der Waals surface area contributed by atoms with Gasteiger partial charge < -0.3 is 5.32 Å². The molecule has 0 spiro atoms. The van der Waals surface area contributed by atoms with Gasteiger partial charge in [0.05, 0.1) is 10.2 Å². The summed E-state index contributed by atoms with van der Waals surface area (Å²) in [4.78, 5) is 19.9. The van der Waals surface area contributed by atoms with Gasteiger partial charge in [0.2, 0.25) is 0 Å². The minimum absolute atomic E-state index is 0.274. The lowest BCUT2D eigenvalue weighted by atomic mass is 10.3. The van der Waals surface area contributed by atoms with Crippen LogP contribution in [0.5, 0.6) is 0 Å². The first-order valence-corrected chi connectivity index (χ1v) is 6.28. The fourth-order valence-electron chi connectivity index (χ4n) is 1.21. The molecule has 1 N–H and O–H groups in total. The number of anilines is 1. The van der Waals surface area contributed by atoms with Crippen LogP contribution in [-0.2, 0) is 0 Å². The van der Waals surface area contributed by atoms with Crippen LogP contribution >= 0.6 is 31.9 Å². The Morgan fingerprint density at radius 1 is 1.18 bits per heavy atom. The van der Waals surface area contributed by atoms with E-state index in [0.29, 0.717) is 15.9 Å². The van der Waals surface area contributed by atoms with Crippen LogP contribution < -0.4 is 5.32 Å². The van der Waals surface area contributed by atoms with Crippen LogP contribution in [-0.4, -0.2) is 15.9 Å². The molecule has 4 nitrogen and oxygen atoms in total. The Kier molecular flexibility index (Phi) is 3.86. The van der Waals surface area contributed by atoms with E-state index in [-0.39, 0.29) is 5.91 Å². The zero-order valence-electron chi connectivity index (χ0n) is 8.52. The number of halogens is 2. The SMILES string of the molecule is O=C(Nc1ccncc1Br)c1ncccc1Br. The van der Waals surface area contributed by atoms with Gasteiger partial charge in [0.15, 0.2) is 0 Å². The lowest BCUT2D eigenvalue weighted by Gasteiger charge is -2.06. The maximum absolute atomic E-state index is 11.9. The predicted molar refractivity (Wildman–Crippen MR) is 71.8 cm³/mol. The van der Waals surface area contributed by atoms with Gasteiger partial charge in [-0.15, -0.1) is 0 Å². The second-order valence-electron chi connectivity index (χ2n) is 3.14. The number of hydrogen-bond donors (Lipinski definition) is 1. The first-order valence-electron chi connectivity index (χ1n) is 4.70. The van der Waals surface area contributed by atoms with Gasteiger partial charge in [-0.05, 0) is 50.1 Å². The van der Waals surface area contributed by atoms with Crippen molar-refractivity contribution in [2.45, 2.75) is 0 Å². The maximum atomic E-state index is 11.9. The van der Waals surface area contributed by atoms with Crippen LogP contribution in [0.25, 0.3) is 0 Å². The third-order valence-corrected chi connectivity index (χ3v) is 3.27. The molecule has 2 heterocycles. The van der Waals surface area contributed by atoms with Crippen LogP contribution in [0.1, 0.15) is 10.5 Å². The number of carbonyl (C=O) groups excluding carboxylic acids is 1. The molecule has 0 saturated carbocycles. The van der Waals surface area contributed by atoms with Gasteiger partial charge in [-0.3, -0.25) is 9.78 Å². The Morgan fingerprint density at radius 3 is 2.71 bits per heavy atom. The Bertz CT molecular complexity index is 560. The topological polar surface area (TPSA) is 54.9 Å². The molecule has 0 radical (unpaired) electrons. The van der Waals surface area contributed by atoms with Crippen molar-refractivity contribution in [3.63, 3.8) is 0 Å². The molecule has 2 aromatic heterocycles. The Labute approximate surface area is 115 Å². The number of carbonyl (C=O) groups is 1. The Hall–Kier alpha value is -1.27. The van der Waals surface area contributed by atoms with Crippen LogP contribution in [0.4, 0.5) is 5.69 Å². The summed E-state index contributed by atoms with van der Waals surface area (Å²) in [5.41, 5.74) is 0.999. The van der Waals surface area contributed by atoms with E-state index in [1.165, 1.54) is 0 Å². The highest BCUT2D eigenvalue weighted by molar-refractivity contribution is 9.11. The highest BCUT2D eigenvalue weighted by atomic mass is 79.9. The van der Waals surface area contributed by atoms with E-state index >= 15 is 0 Å². The molecule has 1 amide bonds. The summed E-state index contributed by atoms with van der Waals surface area (Å²) in [7, 11) is 0. The highest BCUT2D eigenvalue weighted by Crippen LogP contribution is 2.21. The highest BCUT2D eigenvalue weighted by Gasteiger charge is 2.12. The molecular formula is C11H7Br2N3O. The molecule has 0 aliphatic heterocycles. The van der Waals surface area contributed by atoms with E-state index in [9.17, 15) is 4.79 Å². The summed E-state index contributed by atoms with van der Waals surface area (Å²) in [5.74, 6) is -0.274. The number of hydrogen-bond acceptors (Lipinski definition) is 3. The van der Waals surface area contributed by atoms with E-state index in [4.69, 9.17) is 0 Å². The smallest absolute Gasteiger partial charge is 0.275 e. The van der Waals surface area contributed by atoms with E-state index in [1.54, 1.807) is 36.8 Å². The van der Waals surface area contributed by atoms with Gasteiger partial charge in [0.1, 0.15) is 5.69 Å². The fraction of sp³-hybridized carbons (Fsp3) is 0. The summed E-state index contributed by atoms with van der Waals surface area (Å²) >= 11 is 6.59. The third kappa shape index (κ3) is 2.89. The summed E-state index contributed by atoms with van der Waals surface area (Å²) in [6.07, 6.45) is 4.79. The molecule has 0 aliphatic carbocycles. The monoisotopic (exact) mass is 355 g/mol. The number of nitrogens with one attached hydrogen (secondary N) is 1. The fourth-order valence-corrected chi connectivity index (χ4v) is 2.00. The first kappa shape index (κ1) is 12.2. The summed E-state index contributed by atoms with van der Waals surface area (Å²) in [6, 6.07) is 5.23. The van der Waals surface area contributed by atoms with Gasteiger partial charge in [0.25, 0.3) is 5.91 Å². The molecule has 0 saturated heterocycles. The van der Waals surface area contributed by atoms with Crippen LogP contribution in [0.15, 0.2) is 45.7 Å². The normalized spacial score (nSPS) is 10.0. The second-order valence-corrected chi connectivity index (χ2v) is 4.85.